The summed E-state index contributed by atoms with van der Waals surface area (Å²) < 4.78 is 0. The number of amides is 1. The molecule has 1 amide bonds. The number of benzene rings is 2. The monoisotopic (exact) mass is 278 g/mol. The van der Waals surface area contributed by atoms with E-state index in [9.17, 15) is 4.79 Å². The number of anilines is 1. The van der Waals surface area contributed by atoms with Gasteiger partial charge in [0.25, 0.3) is 5.91 Å². The van der Waals surface area contributed by atoms with Crippen molar-refractivity contribution in [1.29, 1.82) is 0 Å². The van der Waals surface area contributed by atoms with Crippen molar-refractivity contribution in [3.63, 3.8) is 0 Å². The second kappa shape index (κ2) is 5.44. The van der Waals surface area contributed by atoms with Gasteiger partial charge in [-0.25, -0.2) is 0 Å². The second-order valence-electron chi connectivity index (χ2n) is 5.08. The molecule has 1 aromatic heterocycles. The maximum atomic E-state index is 12.9. The van der Waals surface area contributed by atoms with Crippen LogP contribution in [0.4, 0.5) is 5.69 Å². The van der Waals surface area contributed by atoms with Gasteiger partial charge in [0.05, 0.1) is 5.56 Å². The Balaban J connectivity index is 2.06. The lowest BCUT2D eigenvalue weighted by Gasteiger charge is -2.22. The van der Waals surface area contributed by atoms with Crippen LogP contribution in [0.15, 0.2) is 54.7 Å². The van der Waals surface area contributed by atoms with Crippen LogP contribution < -0.4 is 4.90 Å². The summed E-state index contributed by atoms with van der Waals surface area (Å²) in [4.78, 5) is 17.9. The molecule has 0 atom stereocenters. The van der Waals surface area contributed by atoms with Crippen LogP contribution >= 0.6 is 0 Å². The Morgan fingerprint density at radius 1 is 1.10 bits per heavy atom. The Morgan fingerprint density at radius 2 is 1.81 bits per heavy atom. The number of carbonyl (C=O) groups is 1. The van der Waals surface area contributed by atoms with Gasteiger partial charge in [-0.3, -0.25) is 4.79 Å². The molecule has 0 bridgehead atoms. The topological polar surface area (TPSA) is 36.1 Å². The quantitative estimate of drug-likeness (QED) is 0.768. The van der Waals surface area contributed by atoms with E-state index in [1.807, 2.05) is 67.3 Å². The van der Waals surface area contributed by atoms with Gasteiger partial charge in [-0.15, -0.1) is 0 Å². The highest BCUT2D eigenvalue weighted by Gasteiger charge is 2.20. The standard InChI is InChI=1S/C18H18N2O/c1-3-20(17-11-7-4-8-13(17)2)18(21)15-12-19-16-10-6-5-9-14(15)16/h4-12,19H,3H2,1-2H3. The van der Waals surface area contributed by atoms with Gasteiger partial charge in [-0.2, -0.15) is 0 Å². The predicted molar refractivity (Wildman–Crippen MR) is 86.8 cm³/mol. The molecule has 21 heavy (non-hydrogen) atoms. The van der Waals surface area contributed by atoms with E-state index >= 15 is 0 Å². The molecule has 0 aliphatic carbocycles. The molecule has 0 unspecified atom stereocenters. The average molecular weight is 278 g/mol. The van der Waals surface area contributed by atoms with Gasteiger partial charge < -0.3 is 9.88 Å². The molecule has 3 aromatic rings. The summed E-state index contributed by atoms with van der Waals surface area (Å²) in [6.45, 7) is 4.67. The molecular formula is C18H18N2O. The van der Waals surface area contributed by atoms with Crippen molar-refractivity contribution in [3.05, 3.63) is 65.9 Å². The molecular weight excluding hydrogens is 260 g/mol. The van der Waals surface area contributed by atoms with E-state index in [1.54, 1.807) is 6.20 Å². The van der Waals surface area contributed by atoms with Gasteiger partial charge in [-0.1, -0.05) is 36.4 Å². The molecule has 0 saturated heterocycles. The number of H-pyrrole nitrogens is 1. The first-order valence-corrected chi connectivity index (χ1v) is 7.16. The maximum Gasteiger partial charge on any atom is 0.260 e. The number of fused-ring (bicyclic) bond motifs is 1. The number of para-hydroxylation sites is 2. The SMILES string of the molecule is CCN(C(=O)c1c[nH]c2ccccc12)c1ccccc1C. The first-order chi connectivity index (χ1) is 10.2. The molecule has 0 spiro atoms. The summed E-state index contributed by atoms with van der Waals surface area (Å²) in [6.07, 6.45) is 1.80. The zero-order chi connectivity index (χ0) is 14.8. The van der Waals surface area contributed by atoms with Crippen LogP contribution in [0, 0.1) is 6.92 Å². The lowest BCUT2D eigenvalue weighted by atomic mass is 10.1. The number of nitrogens with one attached hydrogen (secondary N) is 1. The fourth-order valence-electron chi connectivity index (χ4n) is 2.68. The largest absolute Gasteiger partial charge is 0.360 e. The van der Waals surface area contributed by atoms with E-state index in [4.69, 9.17) is 0 Å². The zero-order valence-electron chi connectivity index (χ0n) is 12.3. The van der Waals surface area contributed by atoms with Crippen molar-refractivity contribution in [2.24, 2.45) is 0 Å². The Morgan fingerprint density at radius 3 is 2.57 bits per heavy atom. The van der Waals surface area contributed by atoms with Crippen LogP contribution in [0.2, 0.25) is 0 Å². The van der Waals surface area contributed by atoms with E-state index in [0.29, 0.717) is 6.54 Å². The molecule has 0 radical (unpaired) electrons. The smallest absolute Gasteiger partial charge is 0.260 e. The lowest BCUT2D eigenvalue weighted by molar-refractivity contribution is 0.0990. The van der Waals surface area contributed by atoms with E-state index in [2.05, 4.69) is 4.98 Å². The average Bonchev–Trinajstić information content (AvgIpc) is 2.93. The van der Waals surface area contributed by atoms with E-state index in [0.717, 1.165) is 27.7 Å². The fourth-order valence-corrected chi connectivity index (χ4v) is 2.68. The zero-order valence-corrected chi connectivity index (χ0v) is 12.3. The fraction of sp³-hybridized carbons (Fsp3) is 0.167. The minimum atomic E-state index is 0.0317. The number of aromatic amines is 1. The number of hydrogen-bond donors (Lipinski definition) is 1. The third-order valence-electron chi connectivity index (χ3n) is 3.79. The Hall–Kier alpha value is -2.55. The van der Waals surface area contributed by atoms with Crippen molar-refractivity contribution in [3.8, 4) is 0 Å². The maximum absolute atomic E-state index is 12.9. The van der Waals surface area contributed by atoms with Crippen molar-refractivity contribution < 1.29 is 4.79 Å². The van der Waals surface area contributed by atoms with Crippen LogP contribution in [0.1, 0.15) is 22.8 Å². The van der Waals surface area contributed by atoms with Gasteiger partial charge in [0.15, 0.2) is 0 Å². The van der Waals surface area contributed by atoms with Crippen molar-refractivity contribution in [1.82, 2.24) is 4.98 Å². The predicted octanol–water partition coefficient (Wildman–Crippen LogP) is 4.14. The van der Waals surface area contributed by atoms with Gasteiger partial charge in [0.1, 0.15) is 0 Å². The number of rotatable bonds is 3. The molecule has 3 heteroatoms. The molecule has 3 rings (SSSR count). The molecule has 2 aromatic carbocycles. The van der Waals surface area contributed by atoms with Crippen LogP contribution in [-0.2, 0) is 0 Å². The summed E-state index contributed by atoms with van der Waals surface area (Å²) in [6, 6.07) is 15.9. The number of aryl methyl sites for hydroxylation is 1. The van der Waals surface area contributed by atoms with Crippen LogP contribution in [0.25, 0.3) is 10.9 Å². The lowest BCUT2D eigenvalue weighted by Crippen LogP contribution is -2.31. The highest BCUT2D eigenvalue weighted by molar-refractivity contribution is 6.14. The number of hydrogen-bond acceptors (Lipinski definition) is 1. The molecule has 0 fully saturated rings. The molecule has 1 heterocycles. The van der Waals surface area contributed by atoms with Gasteiger partial charge in [0, 0.05) is 29.3 Å². The highest BCUT2D eigenvalue weighted by Crippen LogP contribution is 2.24. The minimum Gasteiger partial charge on any atom is -0.360 e. The first kappa shape index (κ1) is 13.4. The number of nitrogens with zero attached hydrogens (tertiary/aromatic N) is 1. The van der Waals surface area contributed by atoms with E-state index in [1.165, 1.54) is 0 Å². The molecule has 0 aliphatic heterocycles. The van der Waals surface area contributed by atoms with Crippen molar-refractivity contribution in [2.75, 3.05) is 11.4 Å². The summed E-state index contributed by atoms with van der Waals surface area (Å²) in [5.41, 5.74) is 3.78. The van der Waals surface area contributed by atoms with E-state index < -0.39 is 0 Å². The van der Waals surface area contributed by atoms with Gasteiger partial charge in [0.2, 0.25) is 0 Å². The third-order valence-corrected chi connectivity index (χ3v) is 3.79. The normalized spacial score (nSPS) is 10.8. The van der Waals surface area contributed by atoms with Crippen LogP contribution in [0.5, 0.6) is 0 Å². The Kier molecular flexibility index (Phi) is 3.48. The molecule has 106 valence electrons. The summed E-state index contributed by atoms with van der Waals surface area (Å²) in [5, 5.41) is 0.967. The number of aromatic nitrogens is 1. The van der Waals surface area contributed by atoms with Crippen LogP contribution in [-0.4, -0.2) is 17.4 Å². The summed E-state index contributed by atoms with van der Waals surface area (Å²) in [5.74, 6) is 0.0317. The van der Waals surface area contributed by atoms with Gasteiger partial charge >= 0.3 is 0 Å². The first-order valence-electron chi connectivity index (χ1n) is 7.16. The van der Waals surface area contributed by atoms with E-state index in [-0.39, 0.29) is 5.91 Å². The Labute approximate surface area is 124 Å². The second-order valence-corrected chi connectivity index (χ2v) is 5.08. The molecule has 3 nitrogen and oxygen atoms in total. The molecule has 0 aliphatic rings. The molecule has 0 saturated carbocycles. The Bertz CT molecular complexity index is 789. The van der Waals surface area contributed by atoms with Gasteiger partial charge in [-0.05, 0) is 31.5 Å². The van der Waals surface area contributed by atoms with Crippen LogP contribution in [0.3, 0.4) is 0 Å². The summed E-state index contributed by atoms with van der Waals surface area (Å²) in [7, 11) is 0. The minimum absolute atomic E-state index is 0.0317. The van der Waals surface area contributed by atoms with Crippen molar-refractivity contribution in [2.45, 2.75) is 13.8 Å². The highest BCUT2D eigenvalue weighted by atomic mass is 16.2. The van der Waals surface area contributed by atoms with Crippen molar-refractivity contribution >= 4 is 22.5 Å². The summed E-state index contributed by atoms with van der Waals surface area (Å²) >= 11 is 0. The molecule has 1 N–H and O–H groups in total. The number of carbonyl (C=O) groups excluding carboxylic acids is 1. The third kappa shape index (κ3) is 2.31.